The fraction of sp³-hybridized carbons (Fsp3) is 0.167. The van der Waals surface area contributed by atoms with Gasteiger partial charge >= 0.3 is 0 Å². The molecule has 1 amide bonds. The quantitative estimate of drug-likeness (QED) is 0.322. The van der Waals surface area contributed by atoms with Crippen molar-refractivity contribution in [3.63, 3.8) is 0 Å². The molecule has 1 fully saturated rings. The molecule has 1 aromatic heterocycles. The molecule has 0 saturated carbocycles. The van der Waals surface area contributed by atoms with Gasteiger partial charge in [0, 0.05) is 5.56 Å². The van der Waals surface area contributed by atoms with Gasteiger partial charge in [-0.3, -0.25) is 14.5 Å². The molecule has 1 aliphatic rings. The van der Waals surface area contributed by atoms with Gasteiger partial charge in [-0.25, -0.2) is 0 Å². The molecule has 1 atom stereocenters. The van der Waals surface area contributed by atoms with E-state index in [0.717, 1.165) is 0 Å². The van der Waals surface area contributed by atoms with Crippen LogP contribution in [-0.2, 0) is 9.59 Å². The number of amides is 1. The Morgan fingerprint density at radius 2 is 1.91 bits per heavy atom. The zero-order valence-electron chi connectivity index (χ0n) is 17.4. The van der Waals surface area contributed by atoms with E-state index in [2.05, 4.69) is 0 Å². The topological polar surface area (TPSA) is 89.2 Å². The van der Waals surface area contributed by atoms with Crippen LogP contribution in [0.3, 0.4) is 0 Å². The summed E-state index contributed by atoms with van der Waals surface area (Å²) in [6.07, 6.45) is 1.44. The summed E-state index contributed by atoms with van der Waals surface area (Å²) < 4.78 is 16.5. The molecule has 8 heteroatoms. The number of hydrogen-bond acceptors (Lipinski definition) is 6. The minimum Gasteiger partial charge on any atom is -0.507 e. The minimum atomic E-state index is -0.993. The van der Waals surface area contributed by atoms with Gasteiger partial charge in [0.15, 0.2) is 0 Å². The zero-order valence-corrected chi connectivity index (χ0v) is 18.1. The van der Waals surface area contributed by atoms with Crippen LogP contribution in [0.5, 0.6) is 11.5 Å². The number of Topliss-reactive ketones (excluding diaryl/α,β-unsaturated/α-hetero) is 1. The fourth-order valence-corrected chi connectivity index (χ4v) is 3.87. The Bertz CT molecular complexity index is 1200. The zero-order chi connectivity index (χ0) is 22.8. The van der Waals surface area contributed by atoms with Crippen molar-refractivity contribution in [2.24, 2.45) is 0 Å². The van der Waals surface area contributed by atoms with Crippen molar-refractivity contribution in [1.29, 1.82) is 0 Å². The van der Waals surface area contributed by atoms with Crippen molar-refractivity contribution in [3.8, 4) is 11.5 Å². The van der Waals surface area contributed by atoms with Crippen LogP contribution in [0.2, 0.25) is 5.02 Å². The second kappa shape index (κ2) is 8.80. The van der Waals surface area contributed by atoms with Gasteiger partial charge in [0.2, 0.25) is 0 Å². The highest BCUT2D eigenvalue weighted by molar-refractivity contribution is 6.51. The Balaban J connectivity index is 1.92. The molecule has 1 N–H and O–H groups in total. The van der Waals surface area contributed by atoms with E-state index in [4.69, 9.17) is 25.5 Å². The Morgan fingerprint density at radius 3 is 2.59 bits per heavy atom. The summed E-state index contributed by atoms with van der Waals surface area (Å²) in [7, 11) is 1.47. The fourth-order valence-electron chi connectivity index (χ4n) is 3.70. The van der Waals surface area contributed by atoms with E-state index in [1.54, 1.807) is 55.5 Å². The first-order chi connectivity index (χ1) is 15.5. The first-order valence-corrected chi connectivity index (χ1v) is 10.3. The number of hydrogen-bond donors (Lipinski definition) is 1. The average molecular weight is 454 g/mol. The number of benzene rings is 2. The smallest absolute Gasteiger partial charge is 0.300 e. The number of ether oxygens (including phenoxy) is 2. The predicted octanol–water partition coefficient (Wildman–Crippen LogP) is 4.97. The number of carbonyl (C=O) groups is 2. The standard InChI is InChI=1S/C24H20ClNO6/c1-3-31-19-13-14(10-11-15(19)25)22(27)20-21(18-9-6-12-32-18)26(24(29)23(20)28)16-7-4-5-8-17(16)30-2/h4-13,21,27H,3H2,1-2H3/b22-20-. The van der Waals surface area contributed by atoms with E-state index >= 15 is 0 Å². The lowest BCUT2D eigenvalue weighted by molar-refractivity contribution is -0.132. The molecule has 7 nitrogen and oxygen atoms in total. The number of aliphatic hydroxyl groups is 1. The average Bonchev–Trinajstić information content (AvgIpc) is 3.42. The molecule has 0 bridgehead atoms. The van der Waals surface area contributed by atoms with Crippen LogP contribution in [0.25, 0.3) is 5.76 Å². The lowest BCUT2D eigenvalue weighted by Crippen LogP contribution is -2.29. The Kier molecular flexibility index (Phi) is 5.92. The van der Waals surface area contributed by atoms with E-state index in [0.29, 0.717) is 34.6 Å². The first-order valence-electron chi connectivity index (χ1n) is 9.88. The number of anilines is 1. The molecular formula is C24H20ClNO6. The number of para-hydroxylation sites is 2. The molecule has 0 aliphatic carbocycles. The van der Waals surface area contributed by atoms with Crippen LogP contribution in [0.4, 0.5) is 5.69 Å². The van der Waals surface area contributed by atoms with Crippen LogP contribution >= 0.6 is 11.6 Å². The number of halogens is 1. The molecule has 1 aliphatic heterocycles. The number of aliphatic hydroxyl groups excluding tert-OH is 1. The van der Waals surface area contributed by atoms with Crippen LogP contribution < -0.4 is 14.4 Å². The van der Waals surface area contributed by atoms with E-state index in [-0.39, 0.29) is 16.9 Å². The van der Waals surface area contributed by atoms with Gasteiger partial charge in [-0.05, 0) is 49.4 Å². The maximum absolute atomic E-state index is 13.1. The maximum atomic E-state index is 13.1. The van der Waals surface area contributed by atoms with Gasteiger partial charge in [0.05, 0.1) is 36.3 Å². The molecule has 2 heterocycles. The van der Waals surface area contributed by atoms with Crippen LogP contribution in [0.15, 0.2) is 70.9 Å². The van der Waals surface area contributed by atoms with E-state index in [1.165, 1.54) is 24.3 Å². The van der Waals surface area contributed by atoms with Crippen LogP contribution in [-0.4, -0.2) is 30.5 Å². The largest absolute Gasteiger partial charge is 0.507 e. The number of carbonyl (C=O) groups excluding carboxylic acids is 2. The lowest BCUT2D eigenvalue weighted by Gasteiger charge is -2.24. The highest BCUT2D eigenvalue weighted by atomic mass is 35.5. The van der Waals surface area contributed by atoms with Gasteiger partial charge in [0.25, 0.3) is 11.7 Å². The molecule has 0 spiro atoms. The SMILES string of the molecule is CCOc1cc(/C(O)=C2/C(=O)C(=O)N(c3ccccc3OC)C2c2ccco2)ccc1Cl. The third-order valence-corrected chi connectivity index (χ3v) is 5.42. The van der Waals surface area contributed by atoms with Crippen molar-refractivity contribution in [2.75, 3.05) is 18.6 Å². The Morgan fingerprint density at radius 1 is 1.12 bits per heavy atom. The molecule has 1 unspecified atom stereocenters. The first kappa shape index (κ1) is 21.5. The monoisotopic (exact) mass is 453 g/mol. The summed E-state index contributed by atoms with van der Waals surface area (Å²) in [5.74, 6) is -0.947. The number of furan rings is 1. The normalized spacial score (nSPS) is 17.6. The van der Waals surface area contributed by atoms with Crippen molar-refractivity contribution in [3.05, 3.63) is 82.8 Å². The number of methoxy groups -OCH3 is 1. The van der Waals surface area contributed by atoms with Crippen molar-refractivity contribution >= 4 is 34.7 Å². The molecular weight excluding hydrogens is 434 g/mol. The Hall–Kier alpha value is -3.71. The second-order valence-corrected chi connectivity index (χ2v) is 7.34. The molecule has 1 saturated heterocycles. The molecule has 0 radical (unpaired) electrons. The third-order valence-electron chi connectivity index (χ3n) is 5.11. The third kappa shape index (κ3) is 3.61. The number of ketones is 1. The highest BCUT2D eigenvalue weighted by Crippen LogP contribution is 2.45. The summed E-state index contributed by atoms with van der Waals surface area (Å²) in [5, 5.41) is 11.5. The summed E-state index contributed by atoms with van der Waals surface area (Å²) in [6, 6.07) is 13.7. The predicted molar refractivity (Wildman–Crippen MR) is 119 cm³/mol. The van der Waals surface area contributed by atoms with E-state index < -0.39 is 17.7 Å². The molecule has 164 valence electrons. The van der Waals surface area contributed by atoms with E-state index in [1.807, 2.05) is 0 Å². The summed E-state index contributed by atoms with van der Waals surface area (Å²) in [6.45, 7) is 2.17. The van der Waals surface area contributed by atoms with Crippen molar-refractivity contribution in [1.82, 2.24) is 0 Å². The summed E-state index contributed by atoms with van der Waals surface area (Å²) >= 11 is 6.16. The number of rotatable bonds is 6. The van der Waals surface area contributed by atoms with E-state index in [9.17, 15) is 14.7 Å². The van der Waals surface area contributed by atoms with Gasteiger partial charge < -0.3 is 19.0 Å². The Labute approximate surface area is 189 Å². The molecule has 2 aromatic carbocycles. The van der Waals surface area contributed by atoms with Crippen molar-refractivity contribution in [2.45, 2.75) is 13.0 Å². The molecule has 3 aromatic rings. The summed E-state index contributed by atoms with van der Waals surface area (Å²) in [5.41, 5.74) is 0.553. The van der Waals surface area contributed by atoms with Crippen LogP contribution in [0, 0.1) is 0 Å². The second-order valence-electron chi connectivity index (χ2n) is 6.93. The summed E-state index contributed by atoms with van der Waals surface area (Å²) in [4.78, 5) is 27.5. The minimum absolute atomic E-state index is 0.111. The van der Waals surface area contributed by atoms with Gasteiger partial charge in [-0.2, -0.15) is 0 Å². The lowest BCUT2D eigenvalue weighted by atomic mass is 9.99. The molecule has 32 heavy (non-hydrogen) atoms. The maximum Gasteiger partial charge on any atom is 0.300 e. The molecule has 4 rings (SSSR count). The van der Waals surface area contributed by atoms with Gasteiger partial charge in [-0.15, -0.1) is 0 Å². The number of nitrogens with zero attached hydrogens (tertiary/aromatic N) is 1. The van der Waals surface area contributed by atoms with Gasteiger partial charge in [-0.1, -0.05) is 23.7 Å². The van der Waals surface area contributed by atoms with Gasteiger partial charge in [0.1, 0.15) is 29.1 Å². The van der Waals surface area contributed by atoms with Crippen molar-refractivity contribution < 1.29 is 28.6 Å². The van der Waals surface area contributed by atoms with Crippen LogP contribution in [0.1, 0.15) is 24.3 Å². The highest BCUT2D eigenvalue weighted by Gasteiger charge is 2.49.